The smallest absolute Gasteiger partial charge is 0.276 e. The second kappa shape index (κ2) is 9.03. The van der Waals surface area contributed by atoms with Crippen LogP contribution in [0.2, 0.25) is 0 Å². The number of benzene rings is 1. The van der Waals surface area contributed by atoms with Gasteiger partial charge in [-0.3, -0.25) is 4.79 Å². The number of hydrogen-bond donors (Lipinski definition) is 0. The topological polar surface area (TPSA) is 64.8 Å². The fourth-order valence-corrected chi connectivity index (χ4v) is 5.50. The zero-order valence-electron chi connectivity index (χ0n) is 18.4. The number of carbonyl (C=O) groups excluding carboxylic acids is 1. The molecule has 2 heterocycles. The number of rotatable bonds is 4. The normalized spacial score (nSPS) is 20.4. The molecule has 5 rings (SSSR count). The third kappa shape index (κ3) is 4.10. The van der Waals surface area contributed by atoms with Gasteiger partial charge >= 0.3 is 0 Å². The van der Waals surface area contributed by atoms with E-state index in [9.17, 15) is 4.79 Å². The van der Waals surface area contributed by atoms with Gasteiger partial charge in [-0.15, -0.1) is 0 Å². The van der Waals surface area contributed by atoms with Crippen LogP contribution in [0.3, 0.4) is 0 Å². The maximum absolute atomic E-state index is 13.3. The molecular weight excluding hydrogens is 392 g/mol. The van der Waals surface area contributed by atoms with Crippen molar-refractivity contribution in [1.29, 1.82) is 0 Å². The SMILES string of the molecule is CO[C@@H](c1ccc2c(c1)CN(C(=O)c1noc3c1CCCC3)CCO2)C1CCCCC1. The van der Waals surface area contributed by atoms with Crippen LogP contribution < -0.4 is 4.74 Å². The highest BCUT2D eigenvalue weighted by Crippen LogP contribution is 2.38. The zero-order chi connectivity index (χ0) is 21.2. The van der Waals surface area contributed by atoms with E-state index in [2.05, 4.69) is 17.3 Å². The average Bonchev–Trinajstić information content (AvgIpc) is 3.12. The summed E-state index contributed by atoms with van der Waals surface area (Å²) in [6.07, 6.45) is 10.4. The predicted octanol–water partition coefficient (Wildman–Crippen LogP) is 4.86. The highest BCUT2D eigenvalue weighted by atomic mass is 16.5. The van der Waals surface area contributed by atoms with Crippen LogP contribution in [0.5, 0.6) is 5.75 Å². The lowest BCUT2D eigenvalue weighted by molar-refractivity contribution is 0.0353. The molecular formula is C25H32N2O4. The van der Waals surface area contributed by atoms with Crippen molar-refractivity contribution in [2.45, 2.75) is 70.4 Å². The molecule has 1 aromatic carbocycles. The first-order valence-corrected chi connectivity index (χ1v) is 11.8. The first-order valence-electron chi connectivity index (χ1n) is 11.8. The van der Waals surface area contributed by atoms with Gasteiger partial charge in [-0.2, -0.15) is 0 Å². The van der Waals surface area contributed by atoms with E-state index in [-0.39, 0.29) is 12.0 Å². The summed E-state index contributed by atoms with van der Waals surface area (Å²) < 4.78 is 17.4. The molecule has 0 spiro atoms. The summed E-state index contributed by atoms with van der Waals surface area (Å²) in [5.74, 6) is 2.26. The summed E-state index contributed by atoms with van der Waals surface area (Å²) >= 11 is 0. The van der Waals surface area contributed by atoms with Gasteiger partial charge in [0.25, 0.3) is 5.91 Å². The van der Waals surface area contributed by atoms with Crippen LogP contribution >= 0.6 is 0 Å². The summed E-state index contributed by atoms with van der Waals surface area (Å²) in [5, 5.41) is 4.15. The Morgan fingerprint density at radius 2 is 2.00 bits per heavy atom. The van der Waals surface area contributed by atoms with Crippen molar-refractivity contribution >= 4 is 5.91 Å². The van der Waals surface area contributed by atoms with Gasteiger partial charge in [0.1, 0.15) is 18.1 Å². The van der Waals surface area contributed by atoms with Crippen molar-refractivity contribution in [1.82, 2.24) is 10.1 Å². The first kappa shape index (κ1) is 20.6. The fourth-order valence-electron chi connectivity index (χ4n) is 5.50. The lowest BCUT2D eigenvalue weighted by Crippen LogP contribution is -2.33. The van der Waals surface area contributed by atoms with Crippen molar-refractivity contribution < 1.29 is 18.8 Å². The molecule has 0 radical (unpaired) electrons. The van der Waals surface area contributed by atoms with Gasteiger partial charge in [-0.1, -0.05) is 30.5 Å². The van der Waals surface area contributed by atoms with Gasteiger partial charge in [0.2, 0.25) is 0 Å². The quantitative estimate of drug-likeness (QED) is 0.702. The molecule has 2 aliphatic carbocycles. The van der Waals surface area contributed by atoms with Crippen LogP contribution in [0.4, 0.5) is 0 Å². The number of aryl methyl sites for hydroxylation is 1. The van der Waals surface area contributed by atoms with Crippen molar-refractivity contribution in [2.75, 3.05) is 20.3 Å². The number of nitrogens with zero attached hydrogens (tertiary/aromatic N) is 2. The summed E-state index contributed by atoms with van der Waals surface area (Å²) in [6.45, 7) is 1.54. The second-order valence-electron chi connectivity index (χ2n) is 9.14. The van der Waals surface area contributed by atoms with Crippen molar-refractivity contribution in [3.8, 4) is 5.75 Å². The van der Waals surface area contributed by atoms with E-state index < -0.39 is 0 Å². The molecule has 6 nitrogen and oxygen atoms in total. The summed E-state index contributed by atoms with van der Waals surface area (Å²) in [5.41, 5.74) is 3.72. The van der Waals surface area contributed by atoms with Crippen molar-refractivity contribution in [2.24, 2.45) is 5.92 Å². The van der Waals surface area contributed by atoms with E-state index in [1.54, 1.807) is 0 Å². The third-order valence-electron chi connectivity index (χ3n) is 7.16. The molecule has 1 saturated carbocycles. The fraction of sp³-hybridized carbons (Fsp3) is 0.600. The van der Waals surface area contributed by atoms with Gasteiger partial charge in [-0.25, -0.2) is 0 Å². The van der Waals surface area contributed by atoms with Crippen LogP contribution in [0, 0.1) is 5.92 Å². The molecule has 0 saturated heterocycles. The Morgan fingerprint density at radius 1 is 1.16 bits per heavy atom. The van der Waals surface area contributed by atoms with Crippen molar-refractivity contribution in [3.63, 3.8) is 0 Å². The minimum absolute atomic E-state index is 0.0516. The van der Waals surface area contributed by atoms with Crippen LogP contribution in [-0.4, -0.2) is 36.2 Å². The lowest BCUT2D eigenvalue weighted by Gasteiger charge is -2.30. The number of aromatic nitrogens is 1. The maximum atomic E-state index is 13.3. The van der Waals surface area contributed by atoms with E-state index >= 15 is 0 Å². The van der Waals surface area contributed by atoms with Gasteiger partial charge in [0.15, 0.2) is 5.69 Å². The number of methoxy groups -OCH3 is 1. The minimum Gasteiger partial charge on any atom is -0.491 e. The van der Waals surface area contributed by atoms with Gasteiger partial charge in [0.05, 0.1) is 12.6 Å². The Labute approximate surface area is 183 Å². The predicted molar refractivity (Wildman–Crippen MR) is 116 cm³/mol. The monoisotopic (exact) mass is 424 g/mol. The Morgan fingerprint density at radius 3 is 2.84 bits per heavy atom. The molecule has 6 heteroatoms. The molecule has 1 fully saturated rings. The van der Waals surface area contributed by atoms with E-state index in [4.69, 9.17) is 14.0 Å². The molecule has 1 atom stereocenters. The molecule has 2 aromatic rings. The second-order valence-corrected chi connectivity index (χ2v) is 9.14. The number of ether oxygens (including phenoxy) is 2. The van der Waals surface area contributed by atoms with Crippen molar-refractivity contribution in [3.05, 3.63) is 46.3 Å². The number of amides is 1. The van der Waals surface area contributed by atoms with Crippen LogP contribution in [0.25, 0.3) is 0 Å². The first-order chi connectivity index (χ1) is 15.2. The largest absolute Gasteiger partial charge is 0.491 e. The summed E-state index contributed by atoms with van der Waals surface area (Å²) in [6, 6.07) is 6.36. The summed E-state index contributed by atoms with van der Waals surface area (Å²) in [7, 11) is 1.81. The Hall–Kier alpha value is -2.34. The minimum atomic E-state index is -0.0516. The number of fused-ring (bicyclic) bond motifs is 2. The molecule has 0 N–H and O–H groups in total. The highest BCUT2D eigenvalue weighted by molar-refractivity contribution is 5.94. The van der Waals surface area contributed by atoms with Gasteiger partial charge in [-0.05, 0) is 55.7 Å². The average molecular weight is 425 g/mol. The van der Waals surface area contributed by atoms with Gasteiger partial charge in [0, 0.05) is 31.2 Å². The molecule has 166 valence electrons. The van der Waals surface area contributed by atoms with Gasteiger partial charge < -0.3 is 18.9 Å². The molecule has 1 aromatic heterocycles. The third-order valence-corrected chi connectivity index (χ3v) is 7.16. The molecule has 1 amide bonds. The Balaban J connectivity index is 1.39. The standard InChI is InChI=1S/C25H32N2O4/c1-29-24(17-7-3-2-4-8-17)18-11-12-21-19(15-18)16-27(13-14-30-21)25(28)23-20-9-5-6-10-22(20)31-26-23/h11-12,15,17,24H,2-10,13-14,16H2,1H3/t24-/m1/s1. The van der Waals surface area contributed by atoms with Crippen LogP contribution in [0.15, 0.2) is 22.7 Å². The maximum Gasteiger partial charge on any atom is 0.276 e. The Bertz CT molecular complexity index is 932. The lowest BCUT2D eigenvalue weighted by atomic mass is 9.82. The number of carbonyl (C=O) groups is 1. The van der Waals surface area contributed by atoms with E-state index in [1.807, 2.05) is 18.1 Å². The molecule has 3 aliphatic rings. The number of hydrogen-bond acceptors (Lipinski definition) is 5. The van der Waals surface area contributed by atoms with E-state index in [0.29, 0.717) is 31.3 Å². The van der Waals surface area contributed by atoms with Crippen LogP contribution in [-0.2, 0) is 24.1 Å². The highest BCUT2D eigenvalue weighted by Gasteiger charge is 2.30. The Kier molecular flexibility index (Phi) is 5.99. The molecule has 31 heavy (non-hydrogen) atoms. The van der Waals surface area contributed by atoms with E-state index in [1.165, 1.54) is 37.7 Å². The van der Waals surface area contributed by atoms with Crippen LogP contribution in [0.1, 0.15) is 84.0 Å². The molecule has 0 unspecified atom stereocenters. The molecule has 0 bridgehead atoms. The zero-order valence-corrected chi connectivity index (χ0v) is 18.4. The molecule has 1 aliphatic heterocycles. The summed E-state index contributed by atoms with van der Waals surface area (Å²) in [4.78, 5) is 15.2. The van der Waals surface area contributed by atoms with E-state index in [0.717, 1.165) is 48.3 Å².